The SMILES string of the molecule is Cc1cc(C)c(C)c(-c2nnc(NC(=O)c3ccccc3Br)s2)c1C. The van der Waals surface area contributed by atoms with E-state index in [2.05, 4.69) is 65.2 Å². The summed E-state index contributed by atoms with van der Waals surface area (Å²) >= 11 is 4.78. The number of hydrogen-bond acceptors (Lipinski definition) is 4. The Morgan fingerprint density at radius 3 is 2.32 bits per heavy atom. The second-order valence-electron chi connectivity index (χ2n) is 5.98. The van der Waals surface area contributed by atoms with Crippen LogP contribution in [0.2, 0.25) is 0 Å². The minimum atomic E-state index is -0.205. The second-order valence-corrected chi connectivity index (χ2v) is 7.81. The van der Waals surface area contributed by atoms with Gasteiger partial charge in [0.25, 0.3) is 5.91 Å². The Morgan fingerprint density at radius 2 is 1.68 bits per heavy atom. The lowest BCUT2D eigenvalue weighted by Crippen LogP contribution is -2.12. The smallest absolute Gasteiger partial charge is 0.258 e. The summed E-state index contributed by atoms with van der Waals surface area (Å²) in [5, 5.41) is 12.6. The third-order valence-corrected chi connectivity index (χ3v) is 5.89. The number of rotatable bonds is 3. The number of aromatic nitrogens is 2. The Labute approximate surface area is 159 Å². The van der Waals surface area contributed by atoms with Crippen molar-refractivity contribution < 1.29 is 4.79 Å². The molecule has 0 aliphatic heterocycles. The first-order valence-corrected chi connectivity index (χ1v) is 9.46. The van der Waals surface area contributed by atoms with Gasteiger partial charge >= 0.3 is 0 Å². The highest BCUT2D eigenvalue weighted by atomic mass is 79.9. The highest BCUT2D eigenvalue weighted by molar-refractivity contribution is 9.10. The van der Waals surface area contributed by atoms with E-state index in [0.29, 0.717) is 10.7 Å². The Morgan fingerprint density at radius 1 is 1.04 bits per heavy atom. The van der Waals surface area contributed by atoms with Gasteiger partial charge in [-0.05, 0) is 78.0 Å². The zero-order chi connectivity index (χ0) is 18.1. The Bertz CT molecular complexity index is 939. The van der Waals surface area contributed by atoms with Crippen LogP contribution in [0.3, 0.4) is 0 Å². The lowest BCUT2D eigenvalue weighted by molar-refractivity contribution is 0.102. The quantitative estimate of drug-likeness (QED) is 0.618. The molecular formula is C19H18BrN3OS. The van der Waals surface area contributed by atoms with Crippen molar-refractivity contribution >= 4 is 38.3 Å². The molecule has 1 aromatic heterocycles. The number of halogens is 1. The summed E-state index contributed by atoms with van der Waals surface area (Å²) in [6, 6.07) is 9.48. The van der Waals surface area contributed by atoms with Crippen LogP contribution in [0.15, 0.2) is 34.8 Å². The topological polar surface area (TPSA) is 54.9 Å². The fourth-order valence-corrected chi connectivity index (χ4v) is 4.09. The van der Waals surface area contributed by atoms with Gasteiger partial charge in [0.15, 0.2) is 0 Å². The van der Waals surface area contributed by atoms with E-state index in [-0.39, 0.29) is 5.91 Å². The monoisotopic (exact) mass is 415 g/mol. The number of carbonyl (C=O) groups is 1. The van der Waals surface area contributed by atoms with Crippen molar-refractivity contribution in [3.05, 3.63) is 62.6 Å². The third kappa shape index (κ3) is 3.50. The summed E-state index contributed by atoms with van der Waals surface area (Å²) in [6.45, 7) is 8.39. The minimum Gasteiger partial charge on any atom is -0.296 e. The Hall–Kier alpha value is -2.05. The van der Waals surface area contributed by atoms with Gasteiger partial charge in [-0.15, -0.1) is 10.2 Å². The maximum Gasteiger partial charge on any atom is 0.258 e. The molecule has 0 saturated heterocycles. The standard InChI is InChI=1S/C19H18BrN3OS/c1-10-9-11(2)13(4)16(12(10)3)18-22-23-19(25-18)21-17(24)14-7-5-6-8-15(14)20/h5-9H,1-4H3,(H,21,23,24). The molecule has 0 aliphatic rings. The van der Waals surface area contributed by atoms with E-state index in [1.54, 1.807) is 6.07 Å². The van der Waals surface area contributed by atoms with Gasteiger partial charge in [-0.1, -0.05) is 29.5 Å². The molecule has 2 aromatic carbocycles. The molecule has 1 N–H and O–H groups in total. The van der Waals surface area contributed by atoms with Gasteiger partial charge in [0.2, 0.25) is 5.13 Å². The largest absolute Gasteiger partial charge is 0.296 e. The molecule has 0 saturated carbocycles. The number of amides is 1. The van der Waals surface area contributed by atoms with E-state index in [1.165, 1.54) is 33.6 Å². The van der Waals surface area contributed by atoms with E-state index in [9.17, 15) is 4.79 Å². The van der Waals surface area contributed by atoms with Crippen LogP contribution in [-0.2, 0) is 0 Å². The summed E-state index contributed by atoms with van der Waals surface area (Å²) in [6.07, 6.45) is 0. The van der Waals surface area contributed by atoms with Crippen LogP contribution in [0, 0.1) is 27.7 Å². The van der Waals surface area contributed by atoms with Crippen LogP contribution in [-0.4, -0.2) is 16.1 Å². The highest BCUT2D eigenvalue weighted by Gasteiger charge is 2.17. The van der Waals surface area contributed by atoms with Gasteiger partial charge in [-0.3, -0.25) is 10.1 Å². The molecule has 0 atom stereocenters. The molecule has 0 spiro atoms. The van der Waals surface area contributed by atoms with Crippen LogP contribution in [0.5, 0.6) is 0 Å². The molecule has 25 heavy (non-hydrogen) atoms. The van der Waals surface area contributed by atoms with Crippen LogP contribution >= 0.6 is 27.3 Å². The number of aryl methyl sites for hydroxylation is 2. The van der Waals surface area contributed by atoms with Crippen LogP contribution < -0.4 is 5.32 Å². The van der Waals surface area contributed by atoms with Crippen molar-refractivity contribution in [3.63, 3.8) is 0 Å². The number of anilines is 1. The van der Waals surface area contributed by atoms with Gasteiger partial charge in [0.05, 0.1) is 5.56 Å². The number of benzene rings is 2. The molecule has 6 heteroatoms. The van der Waals surface area contributed by atoms with Crippen LogP contribution in [0.1, 0.15) is 32.6 Å². The third-order valence-electron chi connectivity index (χ3n) is 4.34. The summed E-state index contributed by atoms with van der Waals surface area (Å²) in [4.78, 5) is 12.4. The molecule has 1 heterocycles. The molecule has 4 nitrogen and oxygen atoms in total. The van der Waals surface area contributed by atoms with E-state index < -0.39 is 0 Å². The van der Waals surface area contributed by atoms with Gasteiger partial charge in [-0.25, -0.2) is 0 Å². The van der Waals surface area contributed by atoms with Gasteiger partial charge < -0.3 is 0 Å². The summed E-state index contributed by atoms with van der Waals surface area (Å²) in [5.74, 6) is -0.205. The van der Waals surface area contributed by atoms with E-state index in [1.807, 2.05) is 18.2 Å². The number of hydrogen-bond donors (Lipinski definition) is 1. The maximum atomic E-state index is 12.4. The first kappa shape index (κ1) is 17.8. The number of nitrogens with zero attached hydrogens (tertiary/aromatic N) is 2. The van der Waals surface area contributed by atoms with Crippen molar-refractivity contribution in [2.45, 2.75) is 27.7 Å². The first-order chi connectivity index (χ1) is 11.9. The molecule has 0 bridgehead atoms. The summed E-state index contributed by atoms with van der Waals surface area (Å²) in [5.41, 5.74) is 6.53. The van der Waals surface area contributed by atoms with E-state index in [4.69, 9.17) is 0 Å². The summed E-state index contributed by atoms with van der Waals surface area (Å²) in [7, 11) is 0. The molecule has 0 radical (unpaired) electrons. The van der Waals surface area contributed by atoms with Gasteiger partial charge in [-0.2, -0.15) is 0 Å². The highest BCUT2D eigenvalue weighted by Crippen LogP contribution is 2.34. The predicted octanol–water partition coefficient (Wildman–Crippen LogP) is 5.45. The van der Waals surface area contributed by atoms with Crippen molar-refractivity contribution in [1.29, 1.82) is 0 Å². The minimum absolute atomic E-state index is 0.205. The van der Waals surface area contributed by atoms with Crippen molar-refractivity contribution in [2.75, 3.05) is 5.32 Å². The lowest BCUT2D eigenvalue weighted by atomic mass is 9.95. The van der Waals surface area contributed by atoms with Crippen molar-refractivity contribution in [3.8, 4) is 10.6 Å². The number of nitrogens with one attached hydrogen (secondary N) is 1. The first-order valence-electron chi connectivity index (χ1n) is 7.85. The van der Waals surface area contributed by atoms with Crippen LogP contribution in [0.25, 0.3) is 10.6 Å². The molecule has 0 fully saturated rings. The molecule has 1 amide bonds. The number of carbonyl (C=O) groups excluding carboxylic acids is 1. The van der Waals surface area contributed by atoms with Crippen LogP contribution in [0.4, 0.5) is 5.13 Å². The fourth-order valence-electron chi connectivity index (χ4n) is 2.72. The molecule has 128 valence electrons. The molecule has 0 unspecified atom stereocenters. The van der Waals surface area contributed by atoms with Crippen molar-refractivity contribution in [1.82, 2.24) is 10.2 Å². The average molecular weight is 416 g/mol. The zero-order valence-electron chi connectivity index (χ0n) is 14.5. The molecule has 0 aliphatic carbocycles. The van der Waals surface area contributed by atoms with Gasteiger partial charge in [0.1, 0.15) is 5.01 Å². The normalized spacial score (nSPS) is 10.8. The Kier molecular flexibility index (Phi) is 5.01. The Balaban J connectivity index is 1.92. The fraction of sp³-hybridized carbons (Fsp3) is 0.211. The average Bonchev–Trinajstić information content (AvgIpc) is 3.01. The lowest BCUT2D eigenvalue weighted by Gasteiger charge is -2.12. The summed E-state index contributed by atoms with van der Waals surface area (Å²) < 4.78 is 0.748. The second kappa shape index (κ2) is 7.06. The van der Waals surface area contributed by atoms with Gasteiger partial charge in [0, 0.05) is 10.0 Å². The molecule has 3 aromatic rings. The predicted molar refractivity (Wildman–Crippen MR) is 106 cm³/mol. The molecule has 3 rings (SSSR count). The zero-order valence-corrected chi connectivity index (χ0v) is 16.9. The molecular weight excluding hydrogens is 398 g/mol. The van der Waals surface area contributed by atoms with E-state index in [0.717, 1.165) is 15.0 Å². The van der Waals surface area contributed by atoms with E-state index >= 15 is 0 Å². The van der Waals surface area contributed by atoms with Crippen molar-refractivity contribution in [2.24, 2.45) is 0 Å². The maximum absolute atomic E-state index is 12.4.